The Hall–Kier alpha value is -4.35. The van der Waals surface area contributed by atoms with E-state index >= 15 is 0 Å². The molecule has 0 atom stereocenters. The van der Waals surface area contributed by atoms with E-state index in [1.54, 1.807) is 16.7 Å². The number of methoxy groups -OCH3 is 1. The molecular weight excluding hydrogens is 526 g/mol. The van der Waals surface area contributed by atoms with Gasteiger partial charge >= 0.3 is 5.97 Å². The van der Waals surface area contributed by atoms with Gasteiger partial charge in [-0.3, -0.25) is 10.1 Å². The summed E-state index contributed by atoms with van der Waals surface area (Å²) in [5, 5.41) is 21.8. The third-order valence-electron chi connectivity index (χ3n) is 7.05. The summed E-state index contributed by atoms with van der Waals surface area (Å²) in [6.45, 7) is 0.805. The van der Waals surface area contributed by atoms with Crippen LogP contribution in [0.5, 0.6) is 5.75 Å². The molecule has 4 aromatic rings. The summed E-state index contributed by atoms with van der Waals surface area (Å²) in [6.07, 6.45) is 1.60. The fourth-order valence-electron chi connectivity index (χ4n) is 5.25. The summed E-state index contributed by atoms with van der Waals surface area (Å²) < 4.78 is 46.8. The molecule has 208 valence electrons. The number of fused-ring (bicyclic) bond motifs is 1. The van der Waals surface area contributed by atoms with Gasteiger partial charge in [-0.15, -0.1) is 0 Å². The molecule has 2 heterocycles. The van der Waals surface area contributed by atoms with E-state index in [0.717, 1.165) is 29.0 Å². The molecule has 1 aliphatic rings. The minimum Gasteiger partial charge on any atom is -0.478 e. The van der Waals surface area contributed by atoms with Gasteiger partial charge in [-0.25, -0.2) is 13.6 Å². The molecule has 5 rings (SSSR count). The van der Waals surface area contributed by atoms with Gasteiger partial charge in [-0.2, -0.15) is 0 Å². The number of hydrogen-bond donors (Lipinski definition) is 1. The molecule has 1 aliphatic heterocycles. The molecule has 11 heteroatoms. The first-order valence-corrected chi connectivity index (χ1v) is 12.6. The van der Waals surface area contributed by atoms with E-state index in [0.29, 0.717) is 49.1 Å². The number of aromatic nitrogens is 1. The Labute approximate surface area is 227 Å². The van der Waals surface area contributed by atoms with Crippen LogP contribution >= 0.6 is 0 Å². The number of rotatable bonds is 9. The second-order valence-electron chi connectivity index (χ2n) is 9.51. The minimum atomic E-state index is -1.05. The molecule has 9 nitrogen and oxygen atoms in total. The number of nitrogens with zero attached hydrogens (tertiary/aromatic N) is 2. The van der Waals surface area contributed by atoms with Crippen molar-refractivity contribution in [2.24, 2.45) is 0 Å². The van der Waals surface area contributed by atoms with Crippen LogP contribution in [0.1, 0.15) is 45.9 Å². The van der Waals surface area contributed by atoms with E-state index in [-0.39, 0.29) is 29.7 Å². The maximum Gasteiger partial charge on any atom is 0.335 e. The Morgan fingerprint density at radius 3 is 2.45 bits per heavy atom. The van der Waals surface area contributed by atoms with Gasteiger partial charge in [0.15, 0.2) is 18.4 Å². The highest BCUT2D eigenvalue weighted by atomic mass is 19.2. The van der Waals surface area contributed by atoms with E-state index in [1.807, 2.05) is 0 Å². The summed E-state index contributed by atoms with van der Waals surface area (Å²) >= 11 is 0. The number of carboxylic acid groups (broad SMARTS) is 1. The van der Waals surface area contributed by atoms with Gasteiger partial charge in [-0.1, -0.05) is 12.1 Å². The highest BCUT2D eigenvalue weighted by Gasteiger charge is 2.30. The average Bonchev–Trinajstić information content (AvgIpc) is 3.27. The Kier molecular flexibility index (Phi) is 7.76. The number of nitro benzene ring substituents is 1. The van der Waals surface area contributed by atoms with Crippen molar-refractivity contribution in [2.45, 2.75) is 25.2 Å². The first-order chi connectivity index (χ1) is 19.3. The number of aromatic carboxylic acids is 1. The zero-order valence-electron chi connectivity index (χ0n) is 21.6. The number of non-ortho nitro benzene ring substituents is 1. The molecule has 0 amide bonds. The van der Waals surface area contributed by atoms with E-state index in [2.05, 4.69) is 0 Å². The predicted molar refractivity (Wildman–Crippen MR) is 141 cm³/mol. The number of benzene rings is 3. The number of ether oxygens (including phenoxy) is 3. The smallest absolute Gasteiger partial charge is 0.335 e. The summed E-state index contributed by atoms with van der Waals surface area (Å²) in [5.74, 6) is -2.98. The topological polar surface area (TPSA) is 113 Å². The first-order valence-electron chi connectivity index (χ1n) is 12.6. The molecule has 0 bridgehead atoms. The van der Waals surface area contributed by atoms with E-state index in [1.165, 1.54) is 37.4 Å². The molecule has 0 spiro atoms. The second kappa shape index (κ2) is 11.4. The van der Waals surface area contributed by atoms with Crippen LogP contribution < -0.4 is 4.74 Å². The maximum absolute atomic E-state index is 14.5. The quantitative estimate of drug-likeness (QED) is 0.154. The maximum atomic E-state index is 14.5. The summed E-state index contributed by atoms with van der Waals surface area (Å²) in [5.41, 5.74) is 2.93. The predicted octanol–water partition coefficient (Wildman–Crippen LogP) is 5.98. The highest BCUT2D eigenvalue weighted by molar-refractivity contribution is 5.95. The zero-order valence-corrected chi connectivity index (χ0v) is 21.6. The molecular formula is C29H26F2N2O7. The number of hydrogen-bond acceptors (Lipinski definition) is 6. The Morgan fingerprint density at radius 2 is 1.82 bits per heavy atom. The van der Waals surface area contributed by atoms with Crippen LogP contribution in [-0.4, -0.2) is 47.7 Å². The Balaban J connectivity index is 1.85. The third kappa shape index (κ3) is 5.25. The fourth-order valence-corrected chi connectivity index (χ4v) is 5.25. The fraction of sp³-hybridized carbons (Fsp3) is 0.276. The molecule has 1 N–H and O–H groups in total. The van der Waals surface area contributed by atoms with E-state index in [9.17, 15) is 28.8 Å². The van der Waals surface area contributed by atoms with Crippen LogP contribution in [0.25, 0.3) is 16.6 Å². The van der Waals surface area contributed by atoms with Gasteiger partial charge in [0.05, 0.1) is 22.1 Å². The zero-order chi connectivity index (χ0) is 28.4. The lowest BCUT2D eigenvalue weighted by Gasteiger charge is -2.26. The highest BCUT2D eigenvalue weighted by Crippen LogP contribution is 2.44. The lowest BCUT2D eigenvalue weighted by molar-refractivity contribution is -0.384. The van der Waals surface area contributed by atoms with Gasteiger partial charge in [-0.05, 0) is 54.7 Å². The normalized spacial score (nSPS) is 14.0. The summed E-state index contributed by atoms with van der Waals surface area (Å²) in [6, 6.07) is 12.7. The number of carboxylic acids is 1. The van der Waals surface area contributed by atoms with Gasteiger partial charge in [0, 0.05) is 55.1 Å². The van der Waals surface area contributed by atoms with Crippen molar-refractivity contribution in [2.75, 3.05) is 27.1 Å². The number of halogens is 2. The average molecular weight is 553 g/mol. The van der Waals surface area contributed by atoms with Crippen molar-refractivity contribution in [3.8, 4) is 11.4 Å². The molecule has 0 unspecified atom stereocenters. The molecule has 1 aromatic heterocycles. The van der Waals surface area contributed by atoms with Gasteiger partial charge < -0.3 is 23.9 Å². The SMILES string of the molecule is COCOc1cc([N+](=O)[O-])cc2c1c(Cc1ccc(C(=O)O)cc1)c(C1CCOCC1)n2-c1ccc(F)c(F)c1. The van der Waals surface area contributed by atoms with Crippen LogP contribution in [0.4, 0.5) is 14.5 Å². The van der Waals surface area contributed by atoms with Gasteiger partial charge in [0.1, 0.15) is 5.75 Å². The lowest BCUT2D eigenvalue weighted by Crippen LogP contribution is -2.18. The van der Waals surface area contributed by atoms with Crippen molar-refractivity contribution in [1.29, 1.82) is 0 Å². The van der Waals surface area contributed by atoms with Crippen molar-refractivity contribution in [1.82, 2.24) is 4.57 Å². The largest absolute Gasteiger partial charge is 0.478 e. The first kappa shape index (κ1) is 27.2. The molecule has 3 aromatic carbocycles. The monoisotopic (exact) mass is 552 g/mol. The van der Waals surface area contributed by atoms with Crippen LogP contribution in [-0.2, 0) is 15.9 Å². The summed E-state index contributed by atoms with van der Waals surface area (Å²) in [4.78, 5) is 22.8. The minimum absolute atomic E-state index is 0.0723. The van der Waals surface area contributed by atoms with Crippen molar-refractivity contribution >= 4 is 22.6 Å². The molecule has 1 saturated heterocycles. The molecule has 0 saturated carbocycles. The Bertz CT molecular complexity index is 1580. The molecule has 40 heavy (non-hydrogen) atoms. The summed E-state index contributed by atoms with van der Waals surface area (Å²) in [7, 11) is 1.43. The van der Waals surface area contributed by atoms with Gasteiger partial charge in [0.2, 0.25) is 0 Å². The molecule has 0 aliphatic carbocycles. The number of nitro groups is 1. The van der Waals surface area contributed by atoms with Crippen molar-refractivity contribution in [3.05, 3.63) is 98.7 Å². The van der Waals surface area contributed by atoms with E-state index < -0.39 is 22.5 Å². The van der Waals surface area contributed by atoms with Crippen molar-refractivity contribution < 1.29 is 37.8 Å². The van der Waals surface area contributed by atoms with Crippen LogP contribution in [0, 0.1) is 21.7 Å². The van der Waals surface area contributed by atoms with Gasteiger partial charge in [0.25, 0.3) is 5.69 Å². The Morgan fingerprint density at radius 1 is 1.10 bits per heavy atom. The lowest BCUT2D eigenvalue weighted by atomic mass is 9.90. The third-order valence-corrected chi connectivity index (χ3v) is 7.05. The second-order valence-corrected chi connectivity index (χ2v) is 9.51. The molecule has 0 radical (unpaired) electrons. The molecule has 1 fully saturated rings. The standard InChI is InChI=1S/C29H26F2N2O7/c1-38-16-40-26-15-21(33(36)37)14-25-27(26)22(12-17-2-4-19(5-3-17)29(34)35)28(18-8-10-39-11-9-18)32(25)20-6-7-23(30)24(31)13-20/h2-7,13-15,18H,8-12,16H2,1H3,(H,34,35). The van der Waals surface area contributed by atoms with Crippen LogP contribution in [0.2, 0.25) is 0 Å². The van der Waals surface area contributed by atoms with E-state index in [4.69, 9.17) is 14.2 Å². The van der Waals surface area contributed by atoms with Crippen molar-refractivity contribution in [3.63, 3.8) is 0 Å². The van der Waals surface area contributed by atoms with Crippen LogP contribution in [0.15, 0.2) is 54.6 Å². The number of carbonyl (C=O) groups is 1. The van der Waals surface area contributed by atoms with Crippen LogP contribution in [0.3, 0.4) is 0 Å².